The number of aliphatic carboxylic acids is 1. The fraction of sp³-hybridized carbons (Fsp3) is 0.167. The molecule has 0 spiro atoms. The van der Waals surface area contributed by atoms with E-state index >= 15 is 0 Å². The molecule has 2 rings (SSSR count). The van der Waals surface area contributed by atoms with Gasteiger partial charge in [-0.1, -0.05) is 72.4 Å². The lowest BCUT2D eigenvalue weighted by molar-refractivity contribution is -0.139. The summed E-state index contributed by atoms with van der Waals surface area (Å²) in [6, 6.07) is 16.9. The lowest BCUT2D eigenvalue weighted by Gasteiger charge is -2.22. The molecule has 0 fully saturated rings. The Morgan fingerprint density at radius 2 is 1.39 bits per heavy atom. The number of ketones is 1. The van der Waals surface area contributed by atoms with Gasteiger partial charge < -0.3 is 5.11 Å². The first-order valence-electron chi connectivity index (χ1n) is 7.02. The largest absolute Gasteiger partial charge is 0.480 e. The van der Waals surface area contributed by atoms with Crippen molar-refractivity contribution in [3.05, 3.63) is 71.8 Å². The summed E-state index contributed by atoms with van der Waals surface area (Å²) >= 11 is 0.672. The number of thioether (sulfide) groups is 1. The van der Waals surface area contributed by atoms with E-state index in [4.69, 9.17) is 0 Å². The fourth-order valence-corrected chi connectivity index (χ4v) is 2.98. The quantitative estimate of drug-likeness (QED) is 0.819. The summed E-state index contributed by atoms with van der Waals surface area (Å²) in [6.45, 7) is 1.40. The number of carbonyl (C=O) groups excluding carboxylic acids is 2. The first-order valence-corrected chi connectivity index (χ1v) is 7.84. The lowest BCUT2D eigenvalue weighted by Crippen LogP contribution is -2.35. The molecule has 0 heterocycles. The van der Waals surface area contributed by atoms with Gasteiger partial charge in [-0.2, -0.15) is 0 Å². The van der Waals surface area contributed by atoms with Gasteiger partial charge in [0, 0.05) is 17.5 Å². The van der Waals surface area contributed by atoms with Crippen molar-refractivity contribution in [1.82, 2.24) is 0 Å². The smallest absolute Gasteiger partial charge is 0.320 e. The van der Waals surface area contributed by atoms with E-state index in [0.29, 0.717) is 22.9 Å². The maximum Gasteiger partial charge on any atom is 0.320 e. The van der Waals surface area contributed by atoms with Gasteiger partial charge in [0.1, 0.15) is 4.75 Å². The van der Waals surface area contributed by atoms with Crippen molar-refractivity contribution in [2.45, 2.75) is 18.1 Å². The highest BCUT2D eigenvalue weighted by Gasteiger charge is 2.39. The summed E-state index contributed by atoms with van der Waals surface area (Å²) < 4.78 is -1.51. The standard InChI is InChI=1S/C18H16O4S/c1-18(17(21)22,12-15(19)13-8-4-2-5-9-13)23-16(20)14-10-6-3-7-11-14/h2-11H,12H2,1H3,(H,21,22). The maximum absolute atomic E-state index is 12.3. The minimum Gasteiger partial charge on any atom is -0.480 e. The molecule has 5 heteroatoms. The molecule has 0 aromatic heterocycles. The Hall–Kier alpha value is -2.40. The molecule has 0 aliphatic rings. The summed E-state index contributed by atoms with van der Waals surface area (Å²) in [4.78, 5) is 36.2. The van der Waals surface area contributed by atoms with Crippen LogP contribution >= 0.6 is 11.8 Å². The summed E-state index contributed by atoms with van der Waals surface area (Å²) in [7, 11) is 0. The third-order valence-electron chi connectivity index (χ3n) is 3.37. The molecule has 1 unspecified atom stereocenters. The molecular weight excluding hydrogens is 312 g/mol. The van der Waals surface area contributed by atoms with E-state index in [0.717, 1.165) is 0 Å². The molecule has 118 valence electrons. The van der Waals surface area contributed by atoms with Gasteiger partial charge in [-0.05, 0) is 6.92 Å². The van der Waals surface area contributed by atoms with Crippen molar-refractivity contribution in [2.75, 3.05) is 0 Å². The van der Waals surface area contributed by atoms with Crippen molar-refractivity contribution >= 4 is 28.6 Å². The van der Waals surface area contributed by atoms with E-state index in [1.54, 1.807) is 60.7 Å². The Kier molecular flexibility index (Phi) is 5.34. The minimum atomic E-state index is -1.51. The van der Waals surface area contributed by atoms with Gasteiger partial charge in [0.15, 0.2) is 5.78 Å². The SMILES string of the molecule is CC(CC(=O)c1ccccc1)(SC(=O)c1ccccc1)C(=O)O. The monoisotopic (exact) mass is 328 g/mol. The van der Waals surface area contributed by atoms with E-state index in [9.17, 15) is 19.5 Å². The van der Waals surface area contributed by atoms with Crippen LogP contribution in [0.15, 0.2) is 60.7 Å². The van der Waals surface area contributed by atoms with Crippen molar-refractivity contribution in [3.63, 3.8) is 0 Å². The van der Waals surface area contributed by atoms with E-state index < -0.39 is 10.7 Å². The van der Waals surface area contributed by atoms with Gasteiger partial charge in [-0.3, -0.25) is 14.4 Å². The Morgan fingerprint density at radius 1 is 0.913 bits per heavy atom. The predicted octanol–water partition coefficient (Wildman–Crippen LogP) is 3.68. The van der Waals surface area contributed by atoms with Gasteiger partial charge in [0.05, 0.1) is 0 Å². The van der Waals surface area contributed by atoms with Crippen LogP contribution in [-0.4, -0.2) is 26.7 Å². The van der Waals surface area contributed by atoms with Crippen molar-refractivity contribution in [3.8, 4) is 0 Å². The number of benzene rings is 2. The van der Waals surface area contributed by atoms with Crippen LogP contribution in [0.5, 0.6) is 0 Å². The minimum absolute atomic E-state index is 0.254. The second kappa shape index (κ2) is 7.24. The summed E-state index contributed by atoms with van der Waals surface area (Å²) in [6.07, 6.45) is -0.254. The highest BCUT2D eigenvalue weighted by Crippen LogP contribution is 2.33. The molecule has 0 radical (unpaired) electrons. The number of hydrogen-bond donors (Lipinski definition) is 1. The van der Waals surface area contributed by atoms with Crippen molar-refractivity contribution < 1.29 is 19.5 Å². The first-order chi connectivity index (χ1) is 10.9. The number of Topliss-reactive ketones (excluding diaryl/α,β-unsaturated/α-hetero) is 1. The van der Waals surface area contributed by atoms with Crippen molar-refractivity contribution in [1.29, 1.82) is 0 Å². The summed E-state index contributed by atoms with van der Waals surface area (Å²) in [5.41, 5.74) is 0.852. The van der Waals surface area contributed by atoms with Crippen molar-refractivity contribution in [2.24, 2.45) is 0 Å². The molecule has 23 heavy (non-hydrogen) atoms. The third kappa shape index (κ3) is 4.29. The average Bonchev–Trinajstić information content (AvgIpc) is 2.56. The molecule has 0 bridgehead atoms. The van der Waals surface area contributed by atoms with Crippen LogP contribution in [0.1, 0.15) is 34.1 Å². The molecule has 0 saturated heterocycles. The zero-order chi connectivity index (χ0) is 16.9. The normalized spacial score (nSPS) is 13.1. The molecule has 2 aromatic carbocycles. The van der Waals surface area contributed by atoms with Gasteiger partial charge in [-0.25, -0.2) is 0 Å². The molecule has 1 N–H and O–H groups in total. The van der Waals surface area contributed by atoms with E-state index in [1.165, 1.54) is 6.92 Å². The van der Waals surface area contributed by atoms with Crippen LogP contribution < -0.4 is 0 Å². The number of carboxylic acid groups (broad SMARTS) is 1. The van der Waals surface area contributed by atoms with Gasteiger partial charge in [-0.15, -0.1) is 0 Å². The highest BCUT2D eigenvalue weighted by molar-refractivity contribution is 8.15. The molecule has 2 aromatic rings. The van der Waals surface area contributed by atoms with E-state index in [1.807, 2.05) is 0 Å². The first kappa shape index (κ1) is 17.0. The van der Waals surface area contributed by atoms with Gasteiger partial charge >= 0.3 is 5.97 Å². The Labute approximate surface area is 138 Å². The van der Waals surface area contributed by atoms with Crippen LogP contribution in [0.4, 0.5) is 0 Å². The molecule has 0 saturated carbocycles. The Morgan fingerprint density at radius 3 is 1.87 bits per heavy atom. The van der Waals surface area contributed by atoms with Crippen LogP contribution in [-0.2, 0) is 4.79 Å². The van der Waals surface area contributed by atoms with Gasteiger partial charge in [0.2, 0.25) is 5.12 Å². The fourth-order valence-electron chi connectivity index (χ4n) is 2.03. The summed E-state index contributed by atoms with van der Waals surface area (Å²) in [5.74, 6) is -1.49. The number of hydrogen-bond acceptors (Lipinski definition) is 4. The van der Waals surface area contributed by atoms with E-state index in [2.05, 4.69) is 0 Å². The molecular formula is C18H16O4S. The predicted molar refractivity (Wildman–Crippen MR) is 89.8 cm³/mol. The second-order valence-electron chi connectivity index (χ2n) is 5.26. The molecule has 0 amide bonds. The second-order valence-corrected chi connectivity index (χ2v) is 6.73. The third-order valence-corrected chi connectivity index (χ3v) is 4.56. The highest BCUT2D eigenvalue weighted by atomic mass is 32.2. The molecule has 1 atom stereocenters. The summed E-state index contributed by atoms with van der Waals surface area (Å²) in [5, 5.41) is 9.13. The van der Waals surface area contributed by atoms with Crippen LogP contribution in [0, 0.1) is 0 Å². The molecule has 4 nitrogen and oxygen atoms in total. The molecule has 0 aliphatic carbocycles. The maximum atomic E-state index is 12.3. The zero-order valence-corrected chi connectivity index (χ0v) is 13.4. The zero-order valence-electron chi connectivity index (χ0n) is 12.6. The Bertz CT molecular complexity index is 657. The topological polar surface area (TPSA) is 71.4 Å². The van der Waals surface area contributed by atoms with Gasteiger partial charge in [0.25, 0.3) is 0 Å². The average molecular weight is 328 g/mol. The van der Waals surface area contributed by atoms with Crippen LogP contribution in [0.2, 0.25) is 0 Å². The molecule has 0 aliphatic heterocycles. The lowest BCUT2D eigenvalue weighted by atomic mass is 9.99. The number of carbonyl (C=O) groups is 3. The van der Waals surface area contributed by atoms with Crippen LogP contribution in [0.3, 0.4) is 0 Å². The van der Waals surface area contributed by atoms with E-state index in [-0.39, 0.29) is 17.3 Å². The number of carboxylic acids is 1. The number of rotatable bonds is 6. The van der Waals surface area contributed by atoms with Crippen LogP contribution in [0.25, 0.3) is 0 Å². The Balaban J connectivity index is 2.18.